The first-order chi connectivity index (χ1) is 16.1. The van der Waals surface area contributed by atoms with Crippen LogP contribution in [0.1, 0.15) is 6.92 Å². The number of ether oxygens (including phenoxy) is 1. The van der Waals surface area contributed by atoms with Crippen molar-refractivity contribution in [2.45, 2.75) is 13.5 Å². The minimum absolute atomic E-state index is 0.0653. The highest BCUT2D eigenvalue weighted by Crippen LogP contribution is 2.36. The molecule has 2 aromatic carbocycles. The van der Waals surface area contributed by atoms with Crippen LogP contribution in [0.3, 0.4) is 0 Å². The van der Waals surface area contributed by atoms with Gasteiger partial charge in [0.1, 0.15) is 23.3 Å². The highest BCUT2D eigenvalue weighted by Gasteiger charge is 2.12. The maximum atomic E-state index is 11.2. The monoisotopic (exact) mass is 478 g/mol. The third-order valence-electron chi connectivity index (χ3n) is 5.06. The molecule has 1 amide bonds. The summed E-state index contributed by atoms with van der Waals surface area (Å²) in [6.45, 7) is 2.61. The standard InChI is InChI=1S/C23H19ClN6O2S/c1-14(31)25-8-10-30-9-7-19-22(30)23(27-13-26-19)28-15-5-6-21(17(24)11-15)32-20-4-2-3-18-16(20)12-33-29-18/h2-7,9,11-13H,8,10H2,1H3,(H,25,31)(H,26,27,28). The molecule has 0 atom stereocenters. The van der Waals surface area contributed by atoms with Crippen LogP contribution in [-0.2, 0) is 11.3 Å². The van der Waals surface area contributed by atoms with Crippen molar-refractivity contribution in [1.29, 1.82) is 0 Å². The van der Waals surface area contributed by atoms with E-state index in [0.29, 0.717) is 35.4 Å². The van der Waals surface area contributed by atoms with E-state index in [9.17, 15) is 4.79 Å². The van der Waals surface area contributed by atoms with Gasteiger partial charge in [-0.15, -0.1) is 0 Å². The highest BCUT2D eigenvalue weighted by atomic mass is 35.5. The van der Waals surface area contributed by atoms with Gasteiger partial charge in [0, 0.05) is 37.3 Å². The second-order valence-corrected chi connectivity index (χ2v) is 8.36. The number of nitrogens with zero attached hydrogens (tertiary/aromatic N) is 4. The molecule has 0 radical (unpaired) electrons. The van der Waals surface area contributed by atoms with Crippen LogP contribution in [0, 0.1) is 0 Å². The first kappa shape index (κ1) is 21.2. The largest absolute Gasteiger partial charge is 0.455 e. The van der Waals surface area contributed by atoms with Gasteiger partial charge in [-0.05, 0) is 47.9 Å². The van der Waals surface area contributed by atoms with Gasteiger partial charge >= 0.3 is 0 Å². The molecule has 8 nitrogen and oxygen atoms in total. The predicted molar refractivity (Wildman–Crippen MR) is 131 cm³/mol. The average molecular weight is 479 g/mol. The normalized spacial score (nSPS) is 11.1. The molecule has 2 N–H and O–H groups in total. The van der Waals surface area contributed by atoms with Gasteiger partial charge in [0.05, 0.1) is 21.4 Å². The molecular weight excluding hydrogens is 460 g/mol. The Morgan fingerprint density at radius 2 is 2.06 bits per heavy atom. The van der Waals surface area contributed by atoms with Crippen molar-refractivity contribution in [3.63, 3.8) is 0 Å². The quantitative estimate of drug-likeness (QED) is 0.327. The van der Waals surface area contributed by atoms with Crippen molar-refractivity contribution in [3.05, 3.63) is 65.4 Å². The fraction of sp³-hybridized carbons (Fsp3) is 0.130. The van der Waals surface area contributed by atoms with E-state index < -0.39 is 0 Å². The first-order valence-corrected chi connectivity index (χ1v) is 11.4. The molecule has 0 aliphatic rings. The van der Waals surface area contributed by atoms with Crippen LogP contribution in [0.4, 0.5) is 11.5 Å². The van der Waals surface area contributed by atoms with Crippen molar-refractivity contribution in [2.24, 2.45) is 0 Å². The van der Waals surface area contributed by atoms with E-state index in [-0.39, 0.29) is 5.91 Å². The van der Waals surface area contributed by atoms with E-state index in [0.717, 1.165) is 27.6 Å². The van der Waals surface area contributed by atoms with Gasteiger partial charge in [0.2, 0.25) is 5.91 Å². The number of carbonyl (C=O) groups excluding carboxylic acids is 1. The topological polar surface area (TPSA) is 94.0 Å². The summed E-state index contributed by atoms with van der Waals surface area (Å²) in [6, 6.07) is 13.2. The Bertz CT molecular complexity index is 1460. The molecule has 33 heavy (non-hydrogen) atoms. The summed E-state index contributed by atoms with van der Waals surface area (Å²) in [6.07, 6.45) is 3.44. The van der Waals surface area contributed by atoms with Gasteiger partial charge < -0.3 is 19.9 Å². The number of nitrogens with one attached hydrogen (secondary N) is 2. The molecule has 5 aromatic rings. The predicted octanol–water partition coefficient (Wildman–Crippen LogP) is 5.37. The SMILES string of the molecule is CC(=O)NCCn1ccc2ncnc(Nc3ccc(Oc4cccc5nscc45)c(Cl)c3)c21. The summed E-state index contributed by atoms with van der Waals surface area (Å²) in [5, 5.41) is 9.49. The molecule has 3 aromatic heterocycles. The van der Waals surface area contributed by atoms with E-state index in [1.165, 1.54) is 24.8 Å². The number of amides is 1. The van der Waals surface area contributed by atoms with Crippen molar-refractivity contribution < 1.29 is 9.53 Å². The highest BCUT2D eigenvalue weighted by molar-refractivity contribution is 7.04. The molecular formula is C23H19ClN6O2S. The van der Waals surface area contributed by atoms with Crippen molar-refractivity contribution >= 4 is 62.5 Å². The lowest BCUT2D eigenvalue weighted by Gasteiger charge is -2.13. The van der Waals surface area contributed by atoms with E-state index in [4.69, 9.17) is 16.3 Å². The Morgan fingerprint density at radius 3 is 2.91 bits per heavy atom. The molecule has 10 heteroatoms. The Morgan fingerprint density at radius 1 is 1.15 bits per heavy atom. The number of carbonyl (C=O) groups is 1. The van der Waals surface area contributed by atoms with Gasteiger partial charge in [-0.2, -0.15) is 4.37 Å². The Kier molecular flexibility index (Phi) is 5.80. The second kappa shape index (κ2) is 9.05. The van der Waals surface area contributed by atoms with Gasteiger partial charge in [-0.3, -0.25) is 4.79 Å². The third-order valence-corrected chi connectivity index (χ3v) is 5.99. The van der Waals surface area contributed by atoms with E-state index in [1.54, 1.807) is 6.07 Å². The molecule has 0 bridgehead atoms. The number of hydrogen-bond donors (Lipinski definition) is 2. The molecule has 0 aliphatic heterocycles. The summed E-state index contributed by atoms with van der Waals surface area (Å²) >= 11 is 7.93. The van der Waals surface area contributed by atoms with Gasteiger partial charge in [-0.25, -0.2) is 9.97 Å². The van der Waals surface area contributed by atoms with Gasteiger partial charge in [0.25, 0.3) is 0 Å². The zero-order chi connectivity index (χ0) is 22.8. The number of hydrogen-bond acceptors (Lipinski definition) is 7. The summed E-state index contributed by atoms with van der Waals surface area (Å²) in [4.78, 5) is 19.9. The van der Waals surface area contributed by atoms with Gasteiger partial charge in [-0.1, -0.05) is 17.7 Å². The summed E-state index contributed by atoms with van der Waals surface area (Å²) in [5.74, 6) is 1.84. The maximum absolute atomic E-state index is 11.2. The number of fused-ring (bicyclic) bond motifs is 2. The van der Waals surface area contributed by atoms with Crippen LogP contribution in [-0.4, -0.2) is 31.4 Å². The number of halogens is 1. The lowest BCUT2D eigenvalue weighted by Crippen LogP contribution is -2.24. The van der Waals surface area contributed by atoms with Crippen LogP contribution in [0.2, 0.25) is 5.02 Å². The summed E-state index contributed by atoms with van der Waals surface area (Å²) < 4.78 is 12.4. The number of aromatic nitrogens is 4. The fourth-order valence-electron chi connectivity index (χ4n) is 3.53. The smallest absolute Gasteiger partial charge is 0.216 e. The maximum Gasteiger partial charge on any atom is 0.216 e. The Balaban J connectivity index is 1.39. The second-order valence-electron chi connectivity index (χ2n) is 7.32. The molecule has 0 saturated carbocycles. The average Bonchev–Trinajstić information content (AvgIpc) is 3.44. The van der Waals surface area contributed by atoms with Crippen molar-refractivity contribution in [2.75, 3.05) is 11.9 Å². The zero-order valence-corrected chi connectivity index (χ0v) is 19.2. The number of anilines is 2. The fourth-order valence-corrected chi connectivity index (χ4v) is 4.42. The Labute approximate surface area is 198 Å². The van der Waals surface area contributed by atoms with E-state index in [2.05, 4.69) is 25.0 Å². The molecule has 0 fully saturated rings. The van der Waals surface area contributed by atoms with Crippen LogP contribution >= 0.6 is 23.1 Å². The van der Waals surface area contributed by atoms with Crippen molar-refractivity contribution in [1.82, 2.24) is 24.2 Å². The zero-order valence-electron chi connectivity index (χ0n) is 17.6. The van der Waals surface area contributed by atoms with E-state index in [1.807, 2.05) is 52.5 Å². The molecule has 0 spiro atoms. The Hall–Kier alpha value is -3.69. The number of benzene rings is 2. The lowest BCUT2D eigenvalue weighted by atomic mass is 10.2. The molecule has 3 heterocycles. The molecule has 0 aliphatic carbocycles. The van der Waals surface area contributed by atoms with Crippen LogP contribution in [0.25, 0.3) is 21.9 Å². The third kappa shape index (κ3) is 4.46. The van der Waals surface area contributed by atoms with E-state index >= 15 is 0 Å². The van der Waals surface area contributed by atoms with Crippen LogP contribution in [0.5, 0.6) is 11.5 Å². The molecule has 0 unspecified atom stereocenters. The van der Waals surface area contributed by atoms with Gasteiger partial charge in [0.15, 0.2) is 5.82 Å². The van der Waals surface area contributed by atoms with Crippen molar-refractivity contribution in [3.8, 4) is 11.5 Å². The lowest BCUT2D eigenvalue weighted by molar-refractivity contribution is -0.118. The summed E-state index contributed by atoms with van der Waals surface area (Å²) in [5.41, 5.74) is 3.30. The molecule has 0 saturated heterocycles. The molecule has 166 valence electrons. The minimum Gasteiger partial charge on any atom is -0.455 e. The number of rotatable bonds is 7. The minimum atomic E-state index is -0.0653. The van der Waals surface area contributed by atoms with Crippen LogP contribution in [0.15, 0.2) is 60.4 Å². The first-order valence-electron chi connectivity index (χ1n) is 10.2. The summed E-state index contributed by atoms with van der Waals surface area (Å²) in [7, 11) is 0. The van der Waals surface area contributed by atoms with Crippen LogP contribution < -0.4 is 15.4 Å². The molecule has 5 rings (SSSR count).